The molecule has 0 aliphatic carbocycles. The minimum atomic E-state index is -1.27. The topological polar surface area (TPSA) is 17.1 Å². The molecule has 12 heavy (non-hydrogen) atoms. The standard InChI is InChI=1S/C8H7F2OS/c1-12(11)5-6-4-7(9)2-3-8(6)10/h2-5H,1H3/q-1. The molecule has 66 valence electrons. The van der Waals surface area contributed by atoms with Crippen LogP contribution in [0, 0.1) is 11.6 Å². The van der Waals surface area contributed by atoms with Gasteiger partial charge in [0.25, 0.3) is 0 Å². The van der Waals surface area contributed by atoms with Gasteiger partial charge in [0, 0.05) is 0 Å². The summed E-state index contributed by atoms with van der Waals surface area (Å²) in [6.07, 6.45) is 1.39. The SMILES string of the molecule is C[S-](=O)=Cc1cc(F)ccc1F. The molecular weight excluding hydrogens is 182 g/mol. The zero-order chi connectivity index (χ0) is 9.14. The molecular formula is C8H7F2OS-. The largest absolute Gasteiger partial charge is 0.461 e. The van der Waals surface area contributed by atoms with E-state index in [4.69, 9.17) is 0 Å². The number of halogens is 2. The van der Waals surface area contributed by atoms with E-state index in [0.717, 1.165) is 18.2 Å². The van der Waals surface area contributed by atoms with Crippen LogP contribution in [0.2, 0.25) is 0 Å². The minimum Gasteiger partial charge on any atom is -0.461 e. The Kier molecular flexibility index (Phi) is 2.81. The third kappa shape index (κ3) is 2.30. The Morgan fingerprint density at radius 3 is 2.67 bits per heavy atom. The van der Waals surface area contributed by atoms with Gasteiger partial charge in [-0.2, -0.15) is 0 Å². The Balaban J connectivity index is 3.23. The highest BCUT2D eigenvalue weighted by atomic mass is 32.2. The Hall–Kier alpha value is -0.900. The second kappa shape index (κ2) is 3.67. The van der Waals surface area contributed by atoms with E-state index in [2.05, 4.69) is 0 Å². The third-order valence-electron chi connectivity index (χ3n) is 1.25. The molecule has 1 rings (SSSR count). The van der Waals surface area contributed by atoms with E-state index in [1.807, 2.05) is 0 Å². The van der Waals surface area contributed by atoms with Gasteiger partial charge in [0.15, 0.2) is 0 Å². The number of hydrogen-bond donors (Lipinski definition) is 0. The molecule has 0 atom stereocenters. The molecule has 1 nitrogen and oxygen atoms in total. The Morgan fingerprint density at radius 2 is 2.08 bits per heavy atom. The molecule has 1 aromatic rings. The van der Waals surface area contributed by atoms with E-state index in [1.54, 1.807) is 0 Å². The van der Waals surface area contributed by atoms with Crippen LogP contribution in [0.4, 0.5) is 8.78 Å². The zero-order valence-corrected chi connectivity index (χ0v) is 7.20. The molecule has 0 amide bonds. The normalized spacial score (nSPS) is 13.2. The van der Waals surface area contributed by atoms with Crippen LogP contribution in [0.3, 0.4) is 0 Å². The number of hydrogen-bond acceptors (Lipinski definition) is 2. The van der Waals surface area contributed by atoms with E-state index in [-0.39, 0.29) is 5.56 Å². The second-order valence-corrected chi connectivity index (χ2v) is 3.52. The summed E-state index contributed by atoms with van der Waals surface area (Å²) in [6.45, 7) is 0. The average Bonchev–Trinajstić information content (AvgIpc) is 1.96. The van der Waals surface area contributed by atoms with Gasteiger partial charge in [-0.1, -0.05) is 0 Å². The molecule has 0 fully saturated rings. The van der Waals surface area contributed by atoms with Gasteiger partial charge in [0.1, 0.15) is 11.6 Å². The van der Waals surface area contributed by atoms with Crippen LogP contribution in [-0.4, -0.2) is 11.6 Å². The molecule has 0 heterocycles. The van der Waals surface area contributed by atoms with Gasteiger partial charge in [-0.25, -0.2) is 8.78 Å². The molecule has 0 N–H and O–H groups in total. The molecule has 0 aliphatic heterocycles. The van der Waals surface area contributed by atoms with Crippen molar-refractivity contribution >= 4 is 15.8 Å². The summed E-state index contributed by atoms with van der Waals surface area (Å²) in [6, 6.07) is 3.04. The fourth-order valence-electron chi connectivity index (χ4n) is 0.784. The summed E-state index contributed by atoms with van der Waals surface area (Å²) in [4.78, 5) is 0. The lowest BCUT2D eigenvalue weighted by atomic mass is 10.2. The Morgan fingerprint density at radius 1 is 1.42 bits per heavy atom. The van der Waals surface area contributed by atoms with Crippen molar-refractivity contribution < 1.29 is 13.0 Å². The van der Waals surface area contributed by atoms with Gasteiger partial charge in [-0.15, -0.1) is 11.6 Å². The van der Waals surface area contributed by atoms with Crippen molar-refractivity contribution in [1.29, 1.82) is 0 Å². The van der Waals surface area contributed by atoms with Crippen LogP contribution >= 0.6 is 0 Å². The van der Waals surface area contributed by atoms with Gasteiger partial charge in [0.2, 0.25) is 0 Å². The first-order valence-corrected chi connectivity index (χ1v) is 4.84. The molecule has 0 saturated carbocycles. The Labute approximate surface area is 71.1 Å². The first kappa shape index (κ1) is 9.19. The molecule has 0 radical (unpaired) electrons. The third-order valence-corrected chi connectivity index (χ3v) is 1.84. The molecule has 0 saturated heterocycles. The molecule has 4 heteroatoms. The van der Waals surface area contributed by atoms with E-state index >= 15 is 0 Å². The summed E-state index contributed by atoms with van der Waals surface area (Å²) in [5.41, 5.74) is 0.0378. The minimum absolute atomic E-state index is 0.0378. The van der Waals surface area contributed by atoms with Gasteiger partial charge in [-0.05, 0) is 23.8 Å². The highest BCUT2D eigenvalue weighted by Crippen LogP contribution is 2.06. The predicted octanol–water partition coefficient (Wildman–Crippen LogP) is 1.71. The quantitative estimate of drug-likeness (QED) is 0.485. The molecule has 0 spiro atoms. The summed E-state index contributed by atoms with van der Waals surface area (Å²) in [5.74, 6) is -1.10. The first-order chi connectivity index (χ1) is 5.59. The lowest BCUT2D eigenvalue weighted by Crippen LogP contribution is -1.91. The van der Waals surface area contributed by atoms with Crippen LogP contribution < -0.4 is 0 Å². The highest BCUT2D eigenvalue weighted by molar-refractivity contribution is 7.83. The first-order valence-electron chi connectivity index (χ1n) is 3.22. The van der Waals surface area contributed by atoms with Crippen molar-refractivity contribution in [2.45, 2.75) is 0 Å². The van der Waals surface area contributed by atoms with Crippen LogP contribution in [0.5, 0.6) is 0 Å². The van der Waals surface area contributed by atoms with Crippen LogP contribution in [0.25, 0.3) is 0 Å². The fourth-order valence-corrected chi connectivity index (χ4v) is 1.32. The van der Waals surface area contributed by atoms with Gasteiger partial charge < -0.3 is 4.21 Å². The van der Waals surface area contributed by atoms with E-state index < -0.39 is 22.0 Å². The van der Waals surface area contributed by atoms with Gasteiger partial charge in [0.05, 0.1) is 0 Å². The predicted molar refractivity (Wildman–Crippen MR) is 45.5 cm³/mol. The molecule has 0 aliphatic rings. The monoisotopic (exact) mass is 189 g/mol. The molecule has 0 bridgehead atoms. The van der Waals surface area contributed by atoms with Crippen molar-refractivity contribution in [3.05, 3.63) is 35.4 Å². The van der Waals surface area contributed by atoms with Gasteiger partial charge in [-0.3, -0.25) is 10.4 Å². The molecule has 0 aromatic heterocycles. The lowest BCUT2D eigenvalue weighted by molar-refractivity contribution is 0.598. The summed E-state index contributed by atoms with van der Waals surface area (Å²) >= 11 is 0. The van der Waals surface area contributed by atoms with E-state index in [0.29, 0.717) is 0 Å². The second-order valence-electron chi connectivity index (χ2n) is 2.28. The Bertz CT molecular complexity index is 367. The maximum absolute atomic E-state index is 12.8. The summed E-state index contributed by atoms with van der Waals surface area (Å²) < 4.78 is 36.0. The lowest BCUT2D eigenvalue weighted by Gasteiger charge is -1.99. The maximum Gasteiger partial charge on any atom is 0.128 e. The number of rotatable bonds is 1. The molecule has 1 aromatic carbocycles. The van der Waals surface area contributed by atoms with Crippen molar-refractivity contribution in [1.82, 2.24) is 0 Å². The van der Waals surface area contributed by atoms with E-state index in [1.165, 1.54) is 11.6 Å². The maximum atomic E-state index is 12.8. The summed E-state index contributed by atoms with van der Waals surface area (Å²) in [5, 5.41) is 1.17. The highest BCUT2D eigenvalue weighted by Gasteiger charge is 1.97. The van der Waals surface area contributed by atoms with Crippen molar-refractivity contribution in [3.8, 4) is 0 Å². The van der Waals surface area contributed by atoms with Gasteiger partial charge >= 0.3 is 0 Å². The fraction of sp³-hybridized carbons (Fsp3) is 0.125. The van der Waals surface area contributed by atoms with Crippen molar-refractivity contribution in [2.75, 3.05) is 6.26 Å². The van der Waals surface area contributed by atoms with Crippen LogP contribution in [0.15, 0.2) is 18.2 Å². The zero-order valence-electron chi connectivity index (χ0n) is 6.38. The smallest absolute Gasteiger partial charge is 0.128 e. The molecule has 0 unspecified atom stereocenters. The van der Waals surface area contributed by atoms with Crippen LogP contribution in [-0.2, 0) is 14.6 Å². The average molecular weight is 189 g/mol. The van der Waals surface area contributed by atoms with Crippen molar-refractivity contribution in [3.63, 3.8) is 0 Å². The number of benzene rings is 1. The summed E-state index contributed by atoms with van der Waals surface area (Å²) in [7, 11) is -1.27. The van der Waals surface area contributed by atoms with E-state index in [9.17, 15) is 13.0 Å². The van der Waals surface area contributed by atoms with Crippen LogP contribution in [0.1, 0.15) is 5.56 Å². The van der Waals surface area contributed by atoms with Crippen molar-refractivity contribution in [2.24, 2.45) is 0 Å².